The normalized spacial score (nSPS) is 12.0. The fourth-order valence-electron chi connectivity index (χ4n) is 11.2. The summed E-state index contributed by atoms with van der Waals surface area (Å²) in [7, 11) is 0. The quantitative estimate of drug-likeness (QED) is 0.125. The van der Waals surface area contributed by atoms with Gasteiger partial charge in [0.25, 0.3) is 11.8 Å². The second kappa shape index (κ2) is 28.4. The van der Waals surface area contributed by atoms with Gasteiger partial charge in [0.15, 0.2) is 0 Å². The Morgan fingerprint density at radius 3 is 1.15 bits per heavy atom. The van der Waals surface area contributed by atoms with E-state index in [1.54, 1.807) is 0 Å². The van der Waals surface area contributed by atoms with Gasteiger partial charge < -0.3 is 19.8 Å². The Morgan fingerprint density at radius 1 is 0.420 bits per heavy atom. The van der Waals surface area contributed by atoms with Crippen molar-refractivity contribution >= 4 is 45.9 Å². The molecule has 0 spiro atoms. The molecule has 0 aliphatic carbocycles. The van der Waals surface area contributed by atoms with Gasteiger partial charge in [0, 0.05) is 57.4 Å². The largest absolute Gasteiger partial charge is 0.373 e. The standard InChI is InChI=1S/C40H46N2O.C36H38N2O.2CO2/c1-26-28(3)42(25-29-14-16-31(17-15-29)34-12-10-11-13-36(34)40(7,8)9)37-23-20-32(24-35(26)37)38(43)41-27(2)30-18-21-33(22-19-30)39(4,5)6;1-24-26(3)38(23-27-12-14-30(15-13-27)29-10-8-7-9-11-29)34-21-18-31(22-33(24)34)35(39)37-25(2)28-16-19-32(20-17-28)36(4,5)6;2*2-1-3/h10-24,27H,25H2,1-9H3,(H,41,43);7-22,25H,23H2,1-6H3,(H,37,39);;/t27-;25-;;/m00../s1. The molecule has 0 aliphatic heterocycles. The number of benzene rings is 8. The molecule has 0 bridgehead atoms. The molecule has 2 heterocycles. The van der Waals surface area contributed by atoms with Crippen molar-refractivity contribution in [2.45, 2.75) is 145 Å². The molecule has 10 aromatic rings. The van der Waals surface area contributed by atoms with Gasteiger partial charge in [0.1, 0.15) is 0 Å². The van der Waals surface area contributed by atoms with E-state index >= 15 is 0 Å². The van der Waals surface area contributed by atoms with E-state index in [2.05, 4.69) is 268 Å². The van der Waals surface area contributed by atoms with E-state index in [-0.39, 0.29) is 52.4 Å². The molecule has 2 N–H and O–H groups in total. The molecule has 2 amide bonds. The summed E-state index contributed by atoms with van der Waals surface area (Å²) in [6.45, 7) is 34.4. The van der Waals surface area contributed by atoms with Gasteiger partial charge in [-0.25, -0.2) is 0 Å². The first-order chi connectivity index (χ1) is 41.7. The lowest BCUT2D eigenvalue weighted by atomic mass is 9.82. The van der Waals surface area contributed by atoms with E-state index in [9.17, 15) is 9.59 Å². The fraction of sp³-hybridized carbons (Fsp3) is 0.282. The summed E-state index contributed by atoms with van der Waals surface area (Å²) in [5.41, 5.74) is 22.5. The molecular weight excluding hydrogens is 1090 g/mol. The molecule has 0 fully saturated rings. The number of aryl methyl sites for hydroxylation is 2. The number of aromatic nitrogens is 2. The topological polar surface area (TPSA) is 136 Å². The van der Waals surface area contributed by atoms with Crippen LogP contribution in [0.2, 0.25) is 0 Å². The van der Waals surface area contributed by atoms with Gasteiger partial charge in [-0.3, -0.25) is 9.59 Å². The Morgan fingerprint density at radius 2 is 0.773 bits per heavy atom. The second-order valence-electron chi connectivity index (χ2n) is 25.9. The van der Waals surface area contributed by atoms with Crippen LogP contribution in [0, 0.1) is 27.7 Å². The zero-order valence-electron chi connectivity index (χ0n) is 53.8. The van der Waals surface area contributed by atoms with Crippen LogP contribution in [0.25, 0.3) is 44.1 Å². The SMILES string of the molecule is Cc1c(C)n(Cc2ccc(-c3ccccc3)cc2)c2ccc(C(=O)N[C@@H](C)c3ccc(C(C)(C)C)cc3)cc12.Cc1c(C)n(Cc2ccc(-c3ccccc3C(C)(C)C)cc2)c2ccc(C(=O)N[C@@H](C)c3ccc(C(C)(C)C)cc3)cc12.O=C=O.O=C=O. The van der Waals surface area contributed by atoms with Crippen molar-refractivity contribution in [3.63, 3.8) is 0 Å². The first kappa shape index (κ1) is 66.1. The molecule has 0 saturated heterocycles. The fourth-order valence-corrected chi connectivity index (χ4v) is 11.2. The van der Waals surface area contributed by atoms with Crippen molar-refractivity contribution in [1.29, 1.82) is 0 Å². The zero-order chi connectivity index (χ0) is 64.3. The number of hydrogen-bond acceptors (Lipinski definition) is 6. The number of rotatable bonds is 12. The molecule has 2 aromatic heterocycles. The maximum Gasteiger partial charge on any atom is 0.373 e. The monoisotopic (exact) mass is 1170 g/mol. The van der Waals surface area contributed by atoms with E-state index in [4.69, 9.17) is 19.2 Å². The molecule has 10 nitrogen and oxygen atoms in total. The van der Waals surface area contributed by atoms with Crippen LogP contribution in [0.3, 0.4) is 0 Å². The third kappa shape index (κ3) is 15.9. The van der Waals surface area contributed by atoms with Crippen molar-refractivity contribution in [2.24, 2.45) is 0 Å². The Kier molecular flexibility index (Phi) is 21.3. The van der Waals surface area contributed by atoms with Gasteiger partial charge in [-0.2, -0.15) is 19.2 Å². The Hall–Kier alpha value is -9.46. The van der Waals surface area contributed by atoms with Crippen molar-refractivity contribution in [3.8, 4) is 22.3 Å². The van der Waals surface area contributed by atoms with Crippen LogP contribution < -0.4 is 10.6 Å². The highest BCUT2D eigenvalue weighted by Gasteiger charge is 2.22. The predicted octanol–water partition coefficient (Wildman–Crippen LogP) is 17.7. The van der Waals surface area contributed by atoms with Crippen molar-refractivity contribution < 1.29 is 28.8 Å². The van der Waals surface area contributed by atoms with Gasteiger partial charge in [0.2, 0.25) is 0 Å². The molecule has 8 aromatic carbocycles. The van der Waals surface area contributed by atoms with Gasteiger partial charge in [-0.05, 0) is 167 Å². The maximum absolute atomic E-state index is 13.3. The minimum Gasteiger partial charge on any atom is -0.346 e. The van der Waals surface area contributed by atoms with Gasteiger partial charge in [0.05, 0.1) is 12.1 Å². The van der Waals surface area contributed by atoms with Crippen LogP contribution in [-0.2, 0) is 48.5 Å². The Bertz CT molecular complexity index is 4090. The van der Waals surface area contributed by atoms with E-state index in [1.165, 1.54) is 72.6 Å². The average molecular weight is 1170 g/mol. The molecular formula is C78H84N4O6. The first-order valence-electron chi connectivity index (χ1n) is 30.0. The lowest BCUT2D eigenvalue weighted by molar-refractivity contribution is -0.193. The average Bonchev–Trinajstić information content (AvgIpc) is 3.20. The smallest absolute Gasteiger partial charge is 0.346 e. The van der Waals surface area contributed by atoms with Crippen LogP contribution >= 0.6 is 0 Å². The summed E-state index contributed by atoms with van der Waals surface area (Å²) in [5.74, 6) is -0.101. The number of fused-ring (bicyclic) bond motifs is 2. The zero-order valence-corrected chi connectivity index (χ0v) is 53.8. The lowest BCUT2D eigenvalue weighted by Gasteiger charge is -2.23. The number of carbonyl (C=O) groups excluding carboxylic acids is 6. The molecule has 10 rings (SSSR count). The minimum atomic E-state index is -0.0806. The molecule has 0 radical (unpaired) electrons. The second-order valence-corrected chi connectivity index (χ2v) is 25.9. The van der Waals surface area contributed by atoms with Crippen LogP contribution in [0.15, 0.2) is 188 Å². The van der Waals surface area contributed by atoms with Crippen LogP contribution in [0.4, 0.5) is 0 Å². The first-order valence-corrected chi connectivity index (χ1v) is 30.0. The Labute approximate surface area is 520 Å². The number of hydrogen-bond donors (Lipinski definition) is 2. The summed E-state index contributed by atoms with van der Waals surface area (Å²) in [4.78, 5) is 59.0. The van der Waals surface area contributed by atoms with E-state index in [1.807, 2.05) is 44.2 Å². The Balaban J connectivity index is 0.000000231. The lowest BCUT2D eigenvalue weighted by Crippen LogP contribution is -2.26. The summed E-state index contributed by atoms with van der Waals surface area (Å²) < 4.78 is 4.72. The van der Waals surface area contributed by atoms with E-state index < -0.39 is 0 Å². The molecule has 2 atom stereocenters. The van der Waals surface area contributed by atoms with E-state index in [0.717, 1.165) is 46.0 Å². The summed E-state index contributed by atoms with van der Waals surface area (Å²) in [6, 6.07) is 66.1. The van der Waals surface area contributed by atoms with Crippen molar-refractivity contribution in [3.05, 3.63) is 261 Å². The summed E-state index contributed by atoms with van der Waals surface area (Å²) >= 11 is 0. The number of nitrogens with zero attached hydrogens (tertiary/aromatic N) is 2. The molecule has 0 aliphatic rings. The summed E-state index contributed by atoms with van der Waals surface area (Å²) in [6.07, 6.45) is 0.500. The van der Waals surface area contributed by atoms with Gasteiger partial charge in [-0.1, -0.05) is 214 Å². The number of nitrogens with one attached hydrogen (secondary N) is 2. The molecule has 10 heteroatoms. The third-order valence-corrected chi connectivity index (χ3v) is 16.8. The predicted molar refractivity (Wildman–Crippen MR) is 356 cm³/mol. The number of amides is 2. The van der Waals surface area contributed by atoms with Gasteiger partial charge in [-0.15, -0.1) is 0 Å². The minimum absolute atomic E-state index is 0.0504. The molecule has 0 saturated carbocycles. The number of carbonyl (C=O) groups is 2. The van der Waals surface area contributed by atoms with Crippen LogP contribution in [-0.4, -0.2) is 33.3 Å². The highest BCUT2D eigenvalue weighted by Crippen LogP contribution is 2.35. The van der Waals surface area contributed by atoms with Crippen LogP contribution in [0.1, 0.15) is 170 Å². The molecule has 452 valence electrons. The van der Waals surface area contributed by atoms with Crippen molar-refractivity contribution in [2.75, 3.05) is 0 Å². The molecule has 0 unspecified atom stereocenters. The highest BCUT2D eigenvalue weighted by molar-refractivity contribution is 6.00. The van der Waals surface area contributed by atoms with Gasteiger partial charge >= 0.3 is 12.3 Å². The highest BCUT2D eigenvalue weighted by atomic mass is 16.2. The maximum atomic E-state index is 13.3. The van der Waals surface area contributed by atoms with Crippen molar-refractivity contribution in [1.82, 2.24) is 19.8 Å². The van der Waals surface area contributed by atoms with E-state index in [0.29, 0.717) is 11.1 Å². The molecule has 88 heavy (non-hydrogen) atoms. The summed E-state index contributed by atoms with van der Waals surface area (Å²) in [5, 5.41) is 8.65. The van der Waals surface area contributed by atoms with Crippen LogP contribution in [0.5, 0.6) is 0 Å². The third-order valence-electron chi connectivity index (χ3n) is 16.8.